The first-order chi connectivity index (χ1) is 12.2. The summed E-state index contributed by atoms with van der Waals surface area (Å²) in [6, 6.07) is 3.89. The molecule has 2 fully saturated rings. The van der Waals surface area contributed by atoms with Crippen LogP contribution in [0.15, 0.2) is 24.5 Å². The van der Waals surface area contributed by atoms with Crippen LogP contribution in [-0.4, -0.2) is 60.0 Å². The Morgan fingerprint density at radius 1 is 1.24 bits per heavy atom. The summed E-state index contributed by atoms with van der Waals surface area (Å²) in [5.74, 6) is 1.73. The summed E-state index contributed by atoms with van der Waals surface area (Å²) in [4.78, 5) is 21.3. The Bertz CT molecular complexity index is 528. The van der Waals surface area contributed by atoms with E-state index in [1.54, 1.807) is 12.4 Å². The van der Waals surface area contributed by atoms with Gasteiger partial charge in [-0.25, -0.2) is 0 Å². The number of likely N-dealkylation sites (tertiary alicyclic amines) is 2. The highest BCUT2D eigenvalue weighted by atomic mass is 16.2. The zero-order valence-electron chi connectivity index (χ0n) is 15.5. The second-order valence-electron chi connectivity index (χ2n) is 7.86. The van der Waals surface area contributed by atoms with Crippen LogP contribution in [0.5, 0.6) is 0 Å². The Morgan fingerprint density at radius 3 is 2.84 bits per heavy atom. The fourth-order valence-corrected chi connectivity index (χ4v) is 4.02. The molecule has 0 aromatic carbocycles. The van der Waals surface area contributed by atoms with E-state index in [0.29, 0.717) is 19.0 Å². The highest BCUT2D eigenvalue weighted by Gasteiger charge is 2.25. The van der Waals surface area contributed by atoms with Gasteiger partial charge in [-0.2, -0.15) is 0 Å². The van der Waals surface area contributed by atoms with Crippen LogP contribution >= 0.6 is 0 Å². The van der Waals surface area contributed by atoms with E-state index in [0.717, 1.165) is 24.6 Å². The Morgan fingerprint density at radius 2 is 2.08 bits per heavy atom. The molecule has 0 aliphatic carbocycles. The number of hydrogen-bond donors (Lipinski definition) is 1. The Balaban J connectivity index is 1.38. The van der Waals surface area contributed by atoms with Gasteiger partial charge in [0.2, 0.25) is 5.91 Å². The Hall–Kier alpha value is -1.46. The molecular weight excluding hydrogens is 312 g/mol. The van der Waals surface area contributed by atoms with Crippen LogP contribution in [0.2, 0.25) is 0 Å². The van der Waals surface area contributed by atoms with E-state index in [1.807, 2.05) is 12.1 Å². The van der Waals surface area contributed by atoms with Gasteiger partial charge in [-0.1, -0.05) is 13.0 Å². The maximum absolute atomic E-state index is 12.2. The Kier molecular flexibility index (Phi) is 6.82. The highest BCUT2D eigenvalue weighted by Crippen LogP contribution is 2.21. The van der Waals surface area contributed by atoms with Crippen LogP contribution in [0.25, 0.3) is 0 Å². The van der Waals surface area contributed by atoms with Crippen LogP contribution in [0, 0.1) is 11.8 Å². The monoisotopic (exact) mass is 344 g/mol. The van der Waals surface area contributed by atoms with Crippen molar-refractivity contribution in [2.24, 2.45) is 11.8 Å². The molecule has 5 heteroatoms. The summed E-state index contributed by atoms with van der Waals surface area (Å²) >= 11 is 0. The molecule has 1 aromatic rings. The number of nitrogens with one attached hydrogen (secondary N) is 1. The average molecular weight is 345 g/mol. The van der Waals surface area contributed by atoms with Gasteiger partial charge in [0.15, 0.2) is 0 Å². The zero-order valence-corrected chi connectivity index (χ0v) is 15.5. The van der Waals surface area contributed by atoms with Crippen LogP contribution < -0.4 is 5.32 Å². The summed E-state index contributed by atoms with van der Waals surface area (Å²) in [6.45, 7) is 9.28. The van der Waals surface area contributed by atoms with Gasteiger partial charge < -0.3 is 10.2 Å². The smallest absolute Gasteiger partial charge is 0.234 e. The normalized spacial score (nSPS) is 23.5. The highest BCUT2D eigenvalue weighted by molar-refractivity contribution is 5.78. The molecule has 1 unspecified atom stereocenters. The van der Waals surface area contributed by atoms with Crippen molar-refractivity contribution in [3.05, 3.63) is 30.1 Å². The second-order valence-corrected chi connectivity index (χ2v) is 7.86. The van der Waals surface area contributed by atoms with Crippen molar-refractivity contribution in [1.29, 1.82) is 0 Å². The number of amides is 1. The van der Waals surface area contributed by atoms with Gasteiger partial charge >= 0.3 is 0 Å². The molecule has 0 radical (unpaired) electrons. The molecule has 138 valence electrons. The topological polar surface area (TPSA) is 48.5 Å². The first kappa shape index (κ1) is 18.3. The van der Waals surface area contributed by atoms with Crippen molar-refractivity contribution in [3.8, 4) is 0 Å². The number of carbonyl (C=O) groups excluding carboxylic acids is 1. The molecule has 2 aliphatic rings. The summed E-state index contributed by atoms with van der Waals surface area (Å²) in [5.41, 5.74) is 1.05. The lowest BCUT2D eigenvalue weighted by atomic mass is 9.94. The van der Waals surface area contributed by atoms with E-state index in [4.69, 9.17) is 0 Å². The molecular formula is C20H32N4O. The van der Waals surface area contributed by atoms with E-state index >= 15 is 0 Å². The third-order valence-corrected chi connectivity index (χ3v) is 5.58. The molecule has 2 saturated heterocycles. The number of rotatable bonds is 6. The molecule has 5 nitrogen and oxygen atoms in total. The lowest BCUT2D eigenvalue weighted by molar-refractivity contribution is -0.122. The molecule has 1 atom stereocenters. The van der Waals surface area contributed by atoms with E-state index in [-0.39, 0.29) is 5.91 Å². The fourth-order valence-electron chi connectivity index (χ4n) is 4.02. The van der Waals surface area contributed by atoms with Gasteiger partial charge in [-0.3, -0.25) is 14.7 Å². The predicted octanol–water partition coefficient (Wildman–Crippen LogP) is 2.14. The van der Waals surface area contributed by atoms with Crippen LogP contribution in [-0.2, 0) is 11.3 Å². The van der Waals surface area contributed by atoms with E-state index in [2.05, 4.69) is 27.0 Å². The summed E-state index contributed by atoms with van der Waals surface area (Å²) in [6.07, 6.45) is 8.75. The minimum Gasteiger partial charge on any atom is -0.351 e. The maximum atomic E-state index is 12.2. The molecule has 3 heterocycles. The molecule has 0 saturated carbocycles. The standard InChI is InChI=1S/C20H32N4O/c1-17-6-10-23(11-7-17)14-19-5-3-9-24(15-19)16-20(25)22-13-18-4-2-8-21-12-18/h2,4,8,12,17,19H,3,5-7,9-11,13-16H2,1H3,(H,22,25). The predicted molar refractivity (Wildman–Crippen MR) is 100 cm³/mol. The third-order valence-electron chi connectivity index (χ3n) is 5.58. The lowest BCUT2D eigenvalue weighted by Crippen LogP contribution is -2.46. The summed E-state index contributed by atoms with van der Waals surface area (Å²) in [5, 5.41) is 3.02. The summed E-state index contributed by atoms with van der Waals surface area (Å²) in [7, 11) is 0. The van der Waals surface area contributed by atoms with Gasteiger partial charge in [0.05, 0.1) is 6.54 Å². The van der Waals surface area contributed by atoms with Crippen molar-refractivity contribution >= 4 is 5.91 Å². The van der Waals surface area contributed by atoms with Gasteiger partial charge in [0.25, 0.3) is 0 Å². The number of hydrogen-bond acceptors (Lipinski definition) is 4. The van der Waals surface area contributed by atoms with Crippen molar-refractivity contribution < 1.29 is 4.79 Å². The molecule has 3 rings (SSSR count). The Labute approximate surface area is 151 Å². The molecule has 1 N–H and O–H groups in total. The number of piperidine rings is 2. The van der Waals surface area contributed by atoms with Crippen molar-refractivity contribution in [3.63, 3.8) is 0 Å². The minimum atomic E-state index is 0.122. The molecule has 1 aromatic heterocycles. The number of aromatic nitrogens is 1. The second kappa shape index (κ2) is 9.30. The van der Waals surface area contributed by atoms with E-state index in [9.17, 15) is 4.79 Å². The van der Waals surface area contributed by atoms with Crippen LogP contribution in [0.4, 0.5) is 0 Å². The van der Waals surface area contributed by atoms with Crippen LogP contribution in [0.1, 0.15) is 38.2 Å². The van der Waals surface area contributed by atoms with Crippen molar-refractivity contribution in [1.82, 2.24) is 20.1 Å². The third kappa shape index (κ3) is 6.08. The number of nitrogens with zero attached hydrogens (tertiary/aromatic N) is 3. The number of carbonyl (C=O) groups is 1. The first-order valence-corrected chi connectivity index (χ1v) is 9.79. The number of pyridine rings is 1. The quantitative estimate of drug-likeness (QED) is 0.859. The lowest BCUT2D eigenvalue weighted by Gasteiger charge is -2.37. The molecule has 1 amide bonds. The van der Waals surface area contributed by atoms with Gasteiger partial charge in [0, 0.05) is 32.0 Å². The van der Waals surface area contributed by atoms with Gasteiger partial charge in [-0.05, 0) is 68.8 Å². The van der Waals surface area contributed by atoms with Gasteiger partial charge in [-0.15, -0.1) is 0 Å². The van der Waals surface area contributed by atoms with E-state index in [1.165, 1.54) is 45.3 Å². The van der Waals surface area contributed by atoms with Crippen molar-refractivity contribution in [2.45, 2.75) is 39.2 Å². The van der Waals surface area contributed by atoms with E-state index < -0.39 is 0 Å². The SMILES string of the molecule is CC1CCN(CC2CCCN(CC(=O)NCc3cccnc3)C2)CC1. The first-order valence-electron chi connectivity index (χ1n) is 9.79. The molecule has 0 spiro atoms. The van der Waals surface area contributed by atoms with Crippen molar-refractivity contribution in [2.75, 3.05) is 39.3 Å². The fraction of sp³-hybridized carbons (Fsp3) is 0.700. The molecule has 25 heavy (non-hydrogen) atoms. The summed E-state index contributed by atoms with van der Waals surface area (Å²) < 4.78 is 0. The minimum absolute atomic E-state index is 0.122. The molecule has 0 bridgehead atoms. The largest absolute Gasteiger partial charge is 0.351 e. The molecule has 2 aliphatic heterocycles. The zero-order chi connectivity index (χ0) is 17.5. The van der Waals surface area contributed by atoms with Crippen LogP contribution in [0.3, 0.4) is 0 Å². The maximum Gasteiger partial charge on any atom is 0.234 e. The average Bonchev–Trinajstić information content (AvgIpc) is 2.63. The van der Waals surface area contributed by atoms with Gasteiger partial charge in [0.1, 0.15) is 0 Å².